The van der Waals surface area contributed by atoms with E-state index in [1.54, 1.807) is 0 Å². The number of ether oxygens (including phenoxy) is 1. The number of rotatable bonds is 0. The second-order valence-corrected chi connectivity index (χ2v) is 5.98. The fourth-order valence-electron chi connectivity index (χ4n) is 2.99. The topological polar surface area (TPSA) is 9.23 Å². The van der Waals surface area contributed by atoms with Crippen molar-refractivity contribution in [2.75, 3.05) is 0 Å². The maximum atomic E-state index is 6.34. The first-order chi connectivity index (χ1) is 8.92. The summed E-state index contributed by atoms with van der Waals surface area (Å²) in [7, 11) is 0. The predicted molar refractivity (Wildman–Crippen MR) is 81.7 cm³/mol. The van der Waals surface area contributed by atoms with Crippen LogP contribution in [0.3, 0.4) is 0 Å². The van der Waals surface area contributed by atoms with Crippen LogP contribution in [0.1, 0.15) is 38.8 Å². The van der Waals surface area contributed by atoms with Gasteiger partial charge in [-0.05, 0) is 56.7 Å². The minimum absolute atomic E-state index is 0.229. The van der Waals surface area contributed by atoms with Crippen LogP contribution in [-0.2, 0) is 0 Å². The van der Waals surface area contributed by atoms with Gasteiger partial charge in [0.1, 0.15) is 11.4 Å². The maximum Gasteiger partial charge on any atom is 0.136 e. The van der Waals surface area contributed by atoms with Crippen LogP contribution in [0.15, 0.2) is 35.9 Å². The third-order valence-electron chi connectivity index (χ3n) is 4.40. The smallest absolute Gasteiger partial charge is 0.136 e. The van der Waals surface area contributed by atoms with Gasteiger partial charge in [-0.25, -0.2) is 0 Å². The van der Waals surface area contributed by atoms with Crippen molar-refractivity contribution >= 4 is 16.3 Å². The van der Waals surface area contributed by atoms with E-state index in [4.69, 9.17) is 4.74 Å². The maximum absolute atomic E-state index is 6.34. The molecule has 98 valence electrons. The normalized spacial score (nSPS) is 17.3. The molecule has 19 heavy (non-hydrogen) atoms. The average molecular weight is 252 g/mol. The van der Waals surface area contributed by atoms with E-state index in [9.17, 15) is 0 Å². The largest absolute Gasteiger partial charge is 0.482 e. The van der Waals surface area contributed by atoms with Crippen molar-refractivity contribution in [3.8, 4) is 5.75 Å². The molecule has 0 radical (unpaired) electrons. The molecule has 0 atom stereocenters. The number of fused-ring (bicyclic) bond motifs is 3. The molecule has 0 aromatic heterocycles. The molecule has 0 aliphatic carbocycles. The number of hydrogen-bond donors (Lipinski definition) is 0. The average Bonchev–Trinajstić information content (AvgIpc) is 2.35. The molecular formula is C18H20O. The van der Waals surface area contributed by atoms with Crippen molar-refractivity contribution in [1.29, 1.82) is 0 Å². The van der Waals surface area contributed by atoms with Crippen LogP contribution in [0.5, 0.6) is 5.75 Å². The van der Waals surface area contributed by atoms with Crippen LogP contribution < -0.4 is 4.74 Å². The lowest BCUT2D eigenvalue weighted by Crippen LogP contribution is -2.33. The van der Waals surface area contributed by atoms with Crippen LogP contribution in [0, 0.1) is 6.92 Å². The lowest BCUT2D eigenvalue weighted by molar-refractivity contribution is 0.146. The molecule has 1 aliphatic heterocycles. The molecule has 0 unspecified atom stereocenters. The highest BCUT2D eigenvalue weighted by Gasteiger charge is 2.32. The zero-order valence-corrected chi connectivity index (χ0v) is 12.3. The zero-order valence-electron chi connectivity index (χ0n) is 12.3. The van der Waals surface area contributed by atoms with Gasteiger partial charge in [-0.3, -0.25) is 0 Å². The van der Waals surface area contributed by atoms with E-state index >= 15 is 0 Å². The molecule has 1 heterocycles. The highest BCUT2D eigenvalue weighted by atomic mass is 16.5. The molecule has 2 aromatic rings. The van der Waals surface area contributed by atoms with Gasteiger partial charge in [0.15, 0.2) is 0 Å². The number of benzene rings is 2. The van der Waals surface area contributed by atoms with Crippen molar-refractivity contribution in [1.82, 2.24) is 0 Å². The molecule has 0 bridgehead atoms. The van der Waals surface area contributed by atoms with Gasteiger partial charge in [-0.15, -0.1) is 0 Å². The van der Waals surface area contributed by atoms with Crippen LogP contribution >= 0.6 is 0 Å². The summed E-state index contributed by atoms with van der Waals surface area (Å²) in [6, 6.07) is 10.7. The molecule has 3 rings (SSSR count). The molecule has 1 nitrogen and oxygen atoms in total. The molecule has 2 aromatic carbocycles. The minimum atomic E-state index is -0.229. The van der Waals surface area contributed by atoms with E-state index in [-0.39, 0.29) is 5.60 Å². The molecule has 0 amide bonds. The van der Waals surface area contributed by atoms with Crippen LogP contribution in [0.2, 0.25) is 0 Å². The van der Waals surface area contributed by atoms with Crippen LogP contribution in [0.25, 0.3) is 16.3 Å². The summed E-state index contributed by atoms with van der Waals surface area (Å²) >= 11 is 0. The van der Waals surface area contributed by atoms with Crippen molar-refractivity contribution in [3.63, 3.8) is 0 Å². The molecule has 1 aliphatic rings. The molecular weight excluding hydrogens is 232 g/mol. The summed E-state index contributed by atoms with van der Waals surface area (Å²) in [4.78, 5) is 0. The van der Waals surface area contributed by atoms with Gasteiger partial charge < -0.3 is 4.74 Å². The predicted octanol–water partition coefficient (Wildman–Crippen LogP) is 5.11. The molecule has 0 fully saturated rings. The highest BCUT2D eigenvalue weighted by Crippen LogP contribution is 2.45. The van der Waals surface area contributed by atoms with Gasteiger partial charge in [0.2, 0.25) is 0 Å². The van der Waals surface area contributed by atoms with Crippen LogP contribution in [0.4, 0.5) is 0 Å². The summed E-state index contributed by atoms with van der Waals surface area (Å²) in [6.07, 6.45) is 0. The van der Waals surface area contributed by atoms with Gasteiger partial charge in [-0.2, -0.15) is 0 Å². The van der Waals surface area contributed by atoms with E-state index in [1.807, 2.05) is 0 Å². The summed E-state index contributed by atoms with van der Waals surface area (Å²) in [5.74, 6) is 1.05. The fourth-order valence-corrected chi connectivity index (χ4v) is 2.99. The Labute approximate surface area is 114 Å². The Balaban J connectivity index is 2.44. The van der Waals surface area contributed by atoms with Crippen molar-refractivity contribution in [3.05, 3.63) is 47.0 Å². The number of aryl methyl sites for hydroxylation is 1. The summed E-state index contributed by atoms with van der Waals surface area (Å²) in [5.41, 5.74) is 5.01. The lowest BCUT2D eigenvalue weighted by atomic mass is 9.85. The van der Waals surface area contributed by atoms with Crippen molar-refractivity contribution < 1.29 is 4.74 Å². The van der Waals surface area contributed by atoms with Gasteiger partial charge in [0, 0.05) is 10.9 Å². The van der Waals surface area contributed by atoms with Crippen molar-refractivity contribution in [2.24, 2.45) is 0 Å². The molecule has 0 N–H and O–H groups in total. The quantitative estimate of drug-likeness (QED) is 0.633. The third kappa shape index (κ3) is 1.68. The van der Waals surface area contributed by atoms with E-state index in [1.165, 1.54) is 33.0 Å². The number of hydrogen-bond acceptors (Lipinski definition) is 1. The second-order valence-electron chi connectivity index (χ2n) is 5.98. The molecule has 0 spiro atoms. The van der Waals surface area contributed by atoms with Gasteiger partial charge in [-0.1, -0.05) is 30.3 Å². The van der Waals surface area contributed by atoms with E-state index < -0.39 is 0 Å². The molecule has 1 heteroatoms. The summed E-state index contributed by atoms with van der Waals surface area (Å²) in [5, 5.41) is 2.46. The van der Waals surface area contributed by atoms with Gasteiger partial charge >= 0.3 is 0 Å². The zero-order chi connectivity index (χ0) is 13.8. The SMILES string of the molecule is CC1=C(C)C(C)(C)Oc2c1c(C)cc1ccccc21. The summed E-state index contributed by atoms with van der Waals surface area (Å²) in [6.45, 7) is 10.8. The van der Waals surface area contributed by atoms with Crippen molar-refractivity contribution in [2.45, 2.75) is 40.2 Å². The Bertz CT molecular complexity index is 705. The Kier molecular flexibility index (Phi) is 2.50. The Morgan fingerprint density at radius 1 is 1.00 bits per heavy atom. The molecule has 0 saturated carbocycles. The molecule has 0 saturated heterocycles. The third-order valence-corrected chi connectivity index (χ3v) is 4.40. The lowest BCUT2D eigenvalue weighted by Gasteiger charge is -2.36. The first-order valence-electron chi connectivity index (χ1n) is 6.81. The van der Waals surface area contributed by atoms with E-state index in [0.717, 1.165) is 5.75 Å². The standard InChI is InChI=1S/C18H20O/c1-11-10-14-8-6-7-9-15(14)17-16(11)12(2)13(3)18(4,5)19-17/h6-10H,1-5H3. The summed E-state index contributed by atoms with van der Waals surface area (Å²) < 4.78 is 6.34. The fraction of sp³-hybridized carbons (Fsp3) is 0.333. The number of allylic oxidation sites excluding steroid dienone is 1. The second kappa shape index (κ2) is 3.86. The monoisotopic (exact) mass is 252 g/mol. The highest BCUT2D eigenvalue weighted by molar-refractivity contribution is 5.96. The van der Waals surface area contributed by atoms with Gasteiger partial charge in [0.25, 0.3) is 0 Å². The Morgan fingerprint density at radius 3 is 2.42 bits per heavy atom. The van der Waals surface area contributed by atoms with Crippen LogP contribution in [-0.4, -0.2) is 5.60 Å². The first-order valence-corrected chi connectivity index (χ1v) is 6.81. The van der Waals surface area contributed by atoms with E-state index in [2.05, 4.69) is 65.0 Å². The Morgan fingerprint density at radius 2 is 1.68 bits per heavy atom. The Hall–Kier alpha value is -1.76. The first kappa shape index (κ1) is 12.3. The van der Waals surface area contributed by atoms with Gasteiger partial charge in [0.05, 0.1) is 0 Å². The van der Waals surface area contributed by atoms with E-state index in [0.29, 0.717) is 0 Å². The minimum Gasteiger partial charge on any atom is -0.482 e.